The number of hydrogen-bond acceptors (Lipinski definition) is 6. The van der Waals surface area contributed by atoms with Crippen molar-refractivity contribution < 1.29 is 23.9 Å². The van der Waals surface area contributed by atoms with Crippen LogP contribution in [0.5, 0.6) is 0 Å². The van der Waals surface area contributed by atoms with Gasteiger partial charge in [-0.3, -0.25) is 15.5 Å². The summed E-state index contributed by atoms with van der Waals surface area (Å²) in [6, 6.07) is 14.5. The van der Waals surface area contributed by atoms with E-state index in [2.05, 4.69) is 17.2 Å². The smallest absolute Gasteiger partial charge is 0.288 e. The van der Waals surface area contributed by atoms with E-state index in [1.54, 1.807) is 31.4 Å². The predicted octanol–water partition coefficient (Wildman–Crippen LogP) is 3.03. The predicted molar refractivity (Wildman–Crippen MR) is 120 cm³/mol. The molecule has 8 heteroatoms. The SMILES string of the molecule is COCCOCc1c(C(=O)NCC#Cc2ccc(C(=S)NO)cc2)oc2ccccc12. The largest absolute Gasteiger partial charge is 0.451 e. The first-order valence-electron chi connectivity index (χ1n) is 9.52. The lowest BCUT2D eigenvalue weighted by molar-refractivity contribution is 0.0609. The fourth-order valence-electron chi connectivity index (χ4n) is 2.86. The average Bonchev–Trinajstić information content (AvgIpc) is 3.18. The van der Waals surface area contributed by atoms with Gasteiger partial charge in [-0.15, -0.1) is 0 Å². The zero-order valence-electron chi connectivity index (χ0n) is 16.9. The van der Waals surface area contributed by atoms with Gasteiger partial charge in [-0.2, -0.15) is 0 Å². The van der Waals surface area contributed by atoms with Gasteiger partial charge in [0.25, 0.3) is 5.91 Å². The third-order valence-electron chi connectivity index (χ3n) is 4.40. The Bertz CT molecular complexity index is 1110. The molecule has 3 N–H and O–H groups in total. The van der Waals surface area contributed by atoms with Gasteiger partial charge in [0, 0.05) is 29.2 Å². The van der Waals surface area contributed by atoms with Gasteiger partial charge in [0.1, 0.15) is 10.6 Å². The lowest BCUT2D eigenvalue weighted by Gasteiger charge is -2.05. The second kappa shape index (κ2) is 11.2. The molecule has 0 aliphatic carbocycles. The number of furan rings is 1. The van der Waals surface area contributed by atoms with E-state index in [1.807, 2.05) is 29.7 Å². The number of methoxy groups -OCH3 is 1. The van der Waals surface area contributed by atoms with Crippen LogP contribution in [0.1, 0.15) is 27.2 Å². The molecule has 0 saturated heterocycles. The van der Waals surface area contributed by atoms with Crippen LogP contribution in [0.25, 0.3) is 11.0 Å². The van der Waals surface area contributed by atoms with Crippen LogP contribution in [-0.4, -0.2) is 43.0 Å². The molecule has 0 aliphatic heterocycles. The summed E-state index contributed by atoms with van der Waals surface area (Å²) in [5, 5.41) is 12.4. The van der Waals surface area contributed by atoms with Crippen molar-refractivity contribution in [1.82, 2.24) is 10.8 Å². The minimum atomic E-state index is -0.356. The maximum Gasteiger partial charge on any atom is 0.288 e. The van der Waals surface area contributed by atoms with Gasteiger partial charge in [-0.25, -0.2) is 0 Å². The van der Waals surface area contributed by atoms with Crippen molar-refractivity contribution in [3.8, 4) is 11.8 Å². The van der Waals surface area contributed by atoms with E-state index >= 15 is 0 Å². The molecule has 160 valence electrons. The molecule has 0 atom stereocenters. The second-order valence-electron chi connectivity index (χ2n) is 6.45. The molecule has 0 fully saturated rings. The van der Waals surface area contributed by atoms with Crippen LogP contribution in [0.15, 0.2) is 52.9 Å². The second-order valence-corrected chi connectivity index (χ2v) is 6.86. The van der Waals surface area contributed by atoms with Gasteiger partial charge < -0.3 is 19.2 Å². The quantitative estimate of drug-likeness (QED) is 0.215. The highest BCUT2D eigenvalue weighted by Crippen LogP contribution is 2.26. The summed E-state index contributed by atoms with van der Waals surface area (Å²) < 4.78 is 16.4. The Morgan fingerprint density at radius 3 is 2.68 bits per heavy atom. The van der Waals surface area contributed by atoms with E-state index in [4.69, 9.17) is 31.3 Å². The Morgan fingerprint density at radius 2 is 1.94 bits per heavy atom. The number of amides is 1. The van der Waals surface area contributed by atoms with Crippen molar-refractivity contribution in [3.05, 3.63) is 71.0 Å². The first kappa shape index (κ1) is 22.5. The Hall–Kier alpha value is -3.22. The molecule has 1 aromatic heterocycles. The highest BCUT2D eigenvalue weighted by molar-refractivity contribution is 7.80. The molecule has 7 nitrogen and oxygen atoms in total. The highest BCUT2D eigenvalue weighted by atomic mass is 32.1. The molecule has 2 aromatic carbocycles. The highest BCUT2D eigenvalue weighted by Gasteiger charge is 2.20. The lowest BCUT2D eigenvalue weighted by Crippen LogP contribution is -2.24. The van der Waals surface area contributed by atoms with E-state index < -0.39 is 0 Å². The van der Waals surface area contributed by atoms with Crippen LogP contribution in [0, 0.1) is 11.8 Å². The first-order valence-corrected chi connectivity index (χ1v) is 9.93. The van der Waals surface area contributed by atoms with E-state index in [0.717, 1.165) is 10.9 Å². The van der Waals surface area contributed by atoms with Crippen molar-refractivity contribution >= 4 is 34.1 Å². The number of para-hydroxylation sites is 1. The number of carbonyl (C=O) groups is 1. The van der Waals surface area contributed by atoms with Crippen molar-refractivity contribution in [1.29, 1.82) is 0 Å². The molecular weight excluding hydrogens is 416 g/mol. The van der Waals surface area contributed by atoms with Crippen LogP contribution >= 0.6 is 12.2 Å². The zero-order chi connectivity index (χ0) is 22.1. The fourth-order valence-corrected chi connectivity index (χ4v) is 3.00. The van der Waals surface area contributed by atoms with E-state index in [1.165, 1.54) is 0 Å². The summed E-state index contributed by atoms with van der Waals surface area (Å²) in [5.74, 6) is 5.74. The first-order chi connectivity index (χ1) is 15.1. The third kappa shape index (κ3) is 5.90. The summed E-state index contributed by atoms with van der Waals surface area (Å²) in [5.41, 5.74) is 4.70. The van der Waals surface area contributed by atoms with Crippen molar-refractivity contribution in [2.45, 2.75) is 6.61 Å². The number of carbonyl (C=O) groups excluding carboxylic acids is 1. The van der Waals surface area contributed by atoms with E-state index in [-0.39, 0.29) is 29.8 Å². The zero-order valence-corrected chi connectivity index (χ0v) is 17.8. The maximum atomic E-state index is 12.7. The van der Waals surface area contributed by atoms with Gasteiger partial charge in [0.05, 0.1) is 26.4 Å². The van der Waals surface area contributed by atoms with Crippen LogP contribution in [0.4, 0.5) is 0 Å². The molecule has 0 aliphatic rings. The molecule has 1 heterocycles. The minimum absolute atomic E-state index is 0.151. The van der Waals surface area contributed by atoms with Crippen LogP contribution in [-0.2, 0) is 16.1 Å². The standard InChI is InChI=1S/C23H22N2O5S/c1-28-13-14-29-15-19-18-6-2-3-7-20(18)30-21(19)22(26)24-12-4-5-16-8-10-17(11-9-16)23(31)25-27/h2-3,6-11,27H,12-15H2,1H3,(H,24,26)(H,25,31). The van der Waals surface area contributed by atoms with Gasteiger partial charge in [0.2, 0.25) is 0 Å². The minimum Gasteiger partial charge on any atom is -0.451 e. The molecule has 0 saturated carbocycles. The van der Waals surface area contributed by atoms with Crippen LogP contribution < -0.4 is 10.8 Å². The molecule has 31 heavy (non-hydrogen) atoms. The van der Waals surface area contributed by atoms with E-state index in [0.29, 0.717) is 29.9 Å². The number of rotatable bonds is 8. The van der Waals surface area contributed by atoms with Crippen molar-refractivity contribution in [2.75, 3.05) is 26.9 Å². The van der Waals surface area contributed by atoms with E-state index in [9.17, 15) is 4.79 Å². The van der Waals surface area contributed by atoms with Gasteiger partial charge >= 0.3 is 0 Å². The normalized spacial score (nSPS) is 10.4. The summed E-state index contributed by atoms with van der Waals surface area (Å²) in [4.78, 5) is 12.9. The number of ether oxygens (including phenoxy) is 2. The molecular formula is C23H22N2O5S. The van der Waals surface area contributed by atoms with Crippen molar-refractivity contribution in [3.63, 3.8) is 0 Å². The molecule has 0 unspecified atom stereocenters. The van der Waals surface area contributed by atoms with Crippen molar-refractivity contribution in [2.24, 2.45) is 0 Å². The van der Waals surface area contributed by atoms with Gasteiger partial charge in [-0.1, -0.05) is 54.4 Å². The number of nitrogens with one attached hydrogen (secondary N) is 2. The molecule has 3 rings (SSSR count). The number of hydroxylamine groups is 1. The Morgan fingerprint density at radius 1 is 1.16 bits per heavy atom. The number of hydrogen-bond donors (Lipinski definition) is 3. The summed E-state index contributed by atoms with van der Waals surface area (Å²) in [6.07, 6.45) is 0. The lowest BCUT2D eigenvalue weighted by atomic mass is 10.1. The van der Waals surface area contributed by atoms with Gasteiger partial charge in [0.15, 0.2) is 5.76 Å². The van der Waals surface area contributed by atoms with Gasteiger partial charge in [-0.05, 0) is 18.2 Å². The molecule has 0 radical (unpaired) electrons. The van der Waals surface area contributed by atoms with Crippen LogP contribution in [0.2, 0.25) is 0 Å². The summed E-state index contributed by atoms with van der Waals surface area (Å²) in [7, 11) is 1.60. The average molecular weight is 439 g/mol. The maximum absolute atomic E-state index is 12.7. The molecule has 0 spiro atoms. The number of thiocarbonyl (C=S) groups is 1. The topological polar surface area (TPSA) is 93.0 Å². The molecule has 1 amide bonds. The molecule has 0 bridgehead atoms. The number of fused-ring (bicyclic) bond motifs is 1. The Labute approximate surface area is 185 Å². The molecule has 3 aromatic rings. The summed E-state index contributed by atoms with van der Waals surface area (Å²) >= 11 is 4.95. The number of benzene rings is 2. The summed E-state index contributed by atoms with van der Waals surface area (Å²) in [6.45, 7) is 1.28. The van der Waals surface area contributed by atoms with Crippen LogP contribution in [0.3, 0.4) is 0 Å². The Balaban J connectivity index is 1.65. The third-order valence-corrected chi connectivity index (χ3v) is 4.73. The fraction of sp³-hybridized carbons (Fsp3) is 0.217. The monoisotopic (exact) mass is 438 g/mol. The Kier molecular flexibility index (Phi) is 8.15.